The van der Waals surface area contributed by atoms with Crippen molar-refractivity contribution in [3.05, 3.63) is 24.3 Å². The maximum absolute atomic E-state index is 12.2. The molecule has 0 spiro atoms. The third-order valence-corrected chi connectivity index (χ3v) is 3.78. The monoisotopic (exact) mass is 292 g/mol. The van der Waals surface area contributed by atoms with E-state index in [-0.39, 0.29) is 5.91 Å². The van der Waals surface area contributed by atoms with E-state index in [0.29, 0.717) is 19.1 Å². The third kappa shape index (κ3) is 4.36. The fraction of sp³-hybridized carbons (Fsp3) is 0.562. The van der Waals surface area contributed by atoms with Gasteiger partial charge in [0.1, 0.15) is 11.5 Å². The molecule has 1 fully saturated rings. The molecule has 1 unspecified atom stereocenters. The summed E-state index contributed by atoms with van der Waals surface area (Å²) < 4.78 is 10.7. The Morgan fingerprint density at radius 3 is 2.71 bits per heavy atom. The van der Waals surface area contributed by atoms with Gasteiger partial charge in [-0.25, -0.2) is 0 Å². The van der Waals surface area contributed by atoms with Crippen LogP contribution < -0.4 is 14.8 Å². The largest absolute Gasteiger partial charge is 0.497 e. The molecule has 1 aromatic carbocycles. The van der Waals surface area contributed by atoms with E-state index < -0.39 is 0 Å². The van der Waals surface area contributed by atoms with Crippen LogP contribution in [0.5, 0.6) is 11.5 Å². The van der Waals surface area contributed by atoms with Gasteiger partial charge >= 0.3 is 0 Å². The number of likely N-dealkylation sites (N-methyl/N-ethyl adjacent to an activating group) is 1. The number of carbonyl (C=O) groups excluding carboxylic acids is 1. The number of nitrogens with one attached hydrogen (secondary N) is 1. The Kier molecular flexibility index (Phi) is 5.87. The SMILES string of the molecule is CNCC1CCCN1C(=O)CCOc1ccc(OC)cc1. The Labute approximate surface area is 126 Å². The molecule has 1 aromatic rings. The Bertz CT molecular complexity index is 447. The minimum atomic E-state index is 0.182. The van der Waals surface area contributed by atoms with Crippen LogP contribution in [0.1, 0.15) is 19.3 Å². The predicted octanol–water partition coefficient (Wildman–Crippen LogP) is 1.67. The number of benzene rings is 1. The third-order valence-electron chi connectivity index (χ3n) is 3.78. The fourth-order valence-electron chi connectivity index (χ4n) is 2.68. The zero-order chi connectivity index (χ0) is 15.1. The molecule has 0 saturated carbocycles. The molecule has 1 saturated heterocycles. The molecule has 0 aromatic heterocycles. The summed E-state index contributed by atoms with van der Waals surface area (Å²) in [5.74, 6) is 1.74. The molecule has 2 rings (SSSR count). The number of nitrogens with zero attached hydrogens (tertiary/aromatic N) is 1. The summed E-state index contributed by atoms with van der Waals surface area (Å²) in [7, 11) is 3.56. The van der Waals surface area contributed by atoms with Crippen molar-refractivity contribution in [2.75, 3.05) is 33.9 Å². The van der Waals surface area contributed by atoms with Crippen LogP contribution in [-0.4, -0.2) is 50.7 Å². The Morgan fingerprint density at radius 1 is 1.33 bits per heavy atom. The van der Waals surface area contributed by atoms with Crippen LogP contribution >= 0.6 is 0 Å². The molecule has 1 N–H and O–H groups in total. The summed E-state index contributed by atoms with van der Waals surface area (Å²) >= 11 is 0. The van der Waals surface area contributed by atoms with E-state index >= 15 is 0 Å². The molecule has 1 aliphatic heterocycles. The smallest absolute Gasteiger partial charge is 0.226 e. The van der Waals surface area contributed by atoms with Crippen molar-refractivity contribution in [1.82, 2.24) is 10.2 Å². The van der Waals surface area contributed by atoms with E-state index in [1.165, 1.54) is 0 Å². The molecular weight excluding hydrogens is 268 g/mol. The molecule has 1 heterocycles. The fourth-order valence-corrected chi connectivity index (χ4v) is 2.68. The van der Waals surface area contributed by atoms with Crippen molar-refractivity contribution >= 4 is 5.91 Å². The number of hydrogen-bond donors (Lipinski definition) is 1. The van der Waals surface area contributed by atoms with E-state index in [9.17, 15) is 4.79 Å². The van der Waals surface area contributed by atoms with Gasteiger partial charge in [0, 0.05) is 19.1 Å². The van der Waals surface area contributed by atoms with Crippen molar-refractivity contribution < 1.29 is 14.3 Å². The highest BCUT2D eigenvalue weighted by Gasteiger charge is 2.27. The number of likely N-dealkylation sites (tertiary alicyclic amines) is 1. The van der Waals surface area contributed by atoms with Crippen molar-refractivity contribution in [3.63, 3.8) is 0 Å². The quantitative estimate of drug-likeness (QED) is 0.830. The summed E-state index contributed by atoms with van der Waals surface area (Å²) in [5, 5.41) is 3.15. The number of methoxy groups -OCH3 is 1. The molecule has 1 amide bonds. The number of amides is 1. The number of hydrogen-bond acceptors (Lipinski definition) is 4. The number of ether oxygens (including phenoxy) is 2. The summed E-state index contributed by atoms with van der Waals surface area (Å²) in [5.41, 5.74) is 0. The Balaban J connectivity index is 1.75. The lowest BCUT2D eigenvalue weighted by molar-refractivity contribution is -0.132. The van der Waals surface area contributed by atoms with Gasteiger partial charge in [-0.05, 0) is 44.2 Å². The molecule has 0 aliphatic carbocycles. The van der Waals surface area contributed by atoms with Crippen LogP contribution in [0.2, 0.25) is 0 Å². The first-order valence-corrected chi connectivity index (χ1v) is 7.45. The van der Waals surface area contributed by atoms with Gasteiger partial charge in [0.25, 0.3) is 0 Å². The van der Waals surface area contributed by atoms with Crippen LogP contribution in [0.25, 0.3) is 0 Å². The average Bonchev–Trinajstić information content (AvgIpc) is 2.96. The van der Waals surface area contributed by atoms with Gasteiger partial charge in [-0.15, -0.1) is 0 Å². The Morgan fingerprint density at radius 2 is 2.05 bits per heavy atom. The van der Waals surface area contributed by atoms with E-state index in [1.54, 1.807) is 7.11 Å². The molecular formula is C16H24N2O3. The molecule has 5 heteroatoms. The van der Waals surface area contributed by atoms with E-state index in [2.05, 4.69) is 5.32 Å². The van der Waals surface area contributed by atoms with Crippen molar-refractivity contribution in [2.45, 2.75) is 25.3 Å². The lowest BCUT2D eigenvalue weighted by Gasteiger charge is -2.24. The van der Waals surface area contributed by atoms with E-state index in [4.69, 9.17) is 9.47 Å². The van der Waals surface area contributed by atoms with Gasteiger partial charge in [0.15, 0.2) is 0 Å². The van der Waals surface area contributed by atoms with Crippen LogP contribution in [0.4, 0.5) is 0 Å². The first kappa shape index (κ1) is 15.6. The van der Waals surface area contributed by atoms with Gasteiger partial charge < -0.3 is 19.7 Å². The molecule has 5 nitrogen and oxygen atoms in total. The van der Waals surface area contributed by atoms with Gasteiger partial charge in [-0.3, -0.25) is 4.79 Å². The molecule has 116 valence electrons. The minimum Gasteiger partial charge on any atom is -0.497 e. The normalized spacial score (nSPS) is 17.8. The second kappa shape index (κ2) is 7.88. The topological polar surface area (TPSA) is 50.8 Å². The lowest BCUT2D eigenvalue weighted by Crippen LogP contribution is -2.41. The van der Waals surface area contributed by atoms with Crippen LogP contribution in [0.3, 0.4) is 0 Å². The number of rotatable bonds is 7. The first-order chi connectivity index (χ1) is 10.2. The first-order valence-electron chi connectivity index (χ1n) is 7.45. The molecule has 0 bridgehead atoms. The second-order valence-electron chi connectivity index (χ2n) is 5.21. The zero-order valence-corrected chi connectivity index (χ0v) is 12.8. The molecule has 1 atom stereocenters. The van der Waals surface area contributed by atoms with Gasteiger partial charge in [-0.1, -0.05) is 0 Å². The standard InChI is InChI=1S/C16H24N2O3/c1-17-12-13-4-3-10-18(13)16(19)9-11-21-15-7-5-14(20-2)6-8-15/h5-8,13,17H,3-4,9-12H2,1-2H3. The highest BCUT2D eigenvalue weighted by molar-refractivity contribution is 5.77. The second-order valence-corrected chi connectivity index (χ2v) is 5.21. The van der Waals surface area contributed by atoms with Crippen molar-refractivity contribution in [1.29, 1.82) is 0 Å². The lowest BCUT2D eigenvalue weighted by atomic mass is 10.2. The van der Waals surface area contributed by atoms with Crippen molar-refractivity contribution in [3.8, 4) is 11.5 Å². The summed E-state index contributed by atoms with van der Waals surface area (Å²) in [4.78, 5) is 14.2. The molecule has 1 aliphatic rings. The summed E-state index contributed by atoms with van der Waals surface area (Å²) in [6, 6.07) is 7.73. The maximum atomic E-state index is 12.2. The summed E-state index contributed by atoms with van der Waals surface area (Å²) in [6.45, 7) is 2.15. The highest BCUT2D eigenvalue weighted by atomic mass is 16.5. The van der Waals surface area contributed by atoms with Crippen LogP contribution in [0.15, 0.2) is 24.3 Å². The van der Waals surface area contributed by atoms with E-state index in [1.807, 2.05) is 36.2 Å². The molecule has 0 radical (unpaired) electrons. The van der Waals surface area contributed by atoms with Crippen LogP contribution in [0, 0.1) is 0 Å². The minimum absolute atomic E-state index is 0.182. The van der Waals surface area contributed by atoms with Crippen LogP contribution in [-0.2, 0) is 4.79 Å². The van der Waals surface area contributed by atoms with Gasteiger partial charge in [-0.2, -0.15) is 0 Å². The summed E-state index contributed by atoms with van der Waals surface area (Å²) in [6.07, 6.45) is 2.61. The average molecular weight is 292 g/mol. The predicted molar refractivity (Wildman–Crippen MR) is 81.8 cm³/mol. The van der Waals surface area contributed by atoms with Gasteiger partial charge in [0.2, 0.25) is 5.91 Å². The van der Waals surface area contributed by atoms with Crippen molar-refractivity contribution in [2.24, 2.45) is 0 Å². The molecule has 21 heavy (non-hydrogen) atoms. The van der Waals surface area contributed by atoms with E-state index in [0.717, 1.165) is 37.4 Å². The highest BCUT2D eigenvalue weighted by Crippen LogP contribution is 2.19. The number of carbonyl (C=O) groups is 1. The zero-order valence-electron chi connectivity index (χ0n) is 12.8. The maximum Gasteiger partial charge on any atom is 0.226 e. The van der Waals surface area contributed by atoms with Gasteiger partial charge in [0.05, 0.1) is 20.1 Å². The Hall–Kier alpha value is -1.75.